The molecule has 0 aromatic heterocycles. The van der Waals surface area contributed by atoms with E-state index in [1.807, 2.05) is 0 Å². The highest BCUT2D eigenvalue weighted by Gasteiger charge is 2.42. The maximum Gasteiger partial charge on any atom is 0.147 e. The third kappa shape index (κ3) is 3.91. The first kappa shape index (κ1) is 14.2. The van der Waals surface area contributed by atoms with E-state index in [2.05, 4.69) is 11.8 Å². The van der Waals surface area contributed by atoms with Gasteiger partial charge in [-0.25, -0.2) is 8.42 Å². The van der Waals surface area contributed by atoms with Crippen molar-refractivity contribution in [1.29, 1.82) is 0 Å². The van der Waals surface area contributed by atoms with Gasteiger partial charge >= 0.3 is 0 Å². The fourth-order valence-electron chi connectivity index (χ4n) is 2.86. The van der Waals surface area contributed by atoms with Crippen LogP contribution in [0.1, 0.15) is 19.8 Å². The summed E-state index contributed by atoms with van der Waals surface area (Å²) < 4.78 is 33.7. The summed E-state index contributed by atoms with van der Waals surface area (Å²) in [4.78, 5) is 2.31. The van der Waals surface area contributed by atoms with Gasteiger partial charge in [0.2, 0.25) is 0 Å². The zero-order valence-electron chi connectivity index (χ0n) is 11.2. The highest BCUT2D eigenvalue weighted by atomic mass is 32.2. The van der Waals surface area contributed by atoms with Gasteiger partial charge in [0.15, 0.2) is 0 Å². The molecule has 0 aromatic carbocycles. The number of ether oxygens (including phenoxy) is 2. The van der Waals surface area contributed by atoms with Crippen molar-refractivity contribution in [3.05, 3.63) is 0 Å². The summed E-state index contributed by atoms with van der Waals surface area (Å²) >= 11 is 0. The topological polar surface area (TPSA) is 55.8 Å². The lowest BCUT2D eigenvalue weighted by molar-refractivity contribution is -0.147. The van der Waals surface area contributed by atoms with E-state index in [0.29, 0.717) is 13.0 Å². The molecular weight excluding hydrogens is 254 g/mol. The summed E-state index contributed by atoms with van der Waals surface area (Å²) in [5.74, 6) is 0.266. The average Bonchev–Trinajstić information content (AvgIpc) is 2.62. The van der Waals surface area contributed by atoms with Gasteiger partial charge in [-0.15, -0.1) is 0 Å². The Labute approximate surface area is 109 Å². The Hall–Kier alpha value is -0.170. The maximum absolute atomic E-state index is 11.1. The summed E-state index contributed by atoms with van der Waals surface area (Å²) in [6.45, 7) is 6.07. The normalized spacial score (nSPS) is 34.2. The van der Waals surface area contributed by atoms with Crippen LogP contribution in [0.4, 0.5) is 0 Å². The Kier molecular flexibility index (Phi) is 4.31. The molecule has 0 aliphatic carbocycles. The van der Waals surface area contributed by atoms with E-state index in [0.717, 1.165) is 32.7 Å². The molecule has 5 nitrogen and oxygen atoms in total. The Bertz CT molecular complexity index is 376. The molecule has 6 heteroatoms. The quantitative estimate of drug-likeness (QED) is 0.740. The van der Waals surface area contributed by atoms with Crippen molar-refractivity contribution in [1.82, 2.24) is 4.90 Å². The molecule has 2 fully saturated rings. The smallest absolute Gasteiger partial charge is 0.147 e. The van der Waals surface area contributed by atoms with Crippen LogP contribution in [0, 0.1) is 0 Å². The standard InChI is InChI=1S/C12H23NO4S/c1-11-8-13(5-3-7-18(2,14)15)9-12(17-11)4-6-16-10-12/h11H,3-10H2,1-2H3. The molecule has 0 radical (unpaired) electrons. The molecule has 2 saturated heterocycles. The molecule has 2 rings (SSSR count). The van der Waals surface area contributed by atoms with Gasteiger partial charge < -0.3 is 9.47 Å². The average molecular weight is 277 g/mol. The number of morpholine rings is 1. The lowest BCUT2D eigenvalue weighted by Gasteiger charge is -2.42. The van der Waals surface area contributed by atoms with Gasteiger partial charge in [-0.2, -0.15) is 0 Å². The predicted molar refractivity (Wildman–Crippen MR) is 69.5 cm³/mol. The van der Waals surface area contributed by atoms with Crippen molar-refractivity contribution in [2.24, 2.45) is 0 Å². The van der Waals surface area contributed by atoms with E-state index < -0.39 is 9.84 Å². The van der Waals surface area contributed by atoms with Crippen molar-refractivity contribution in [3.63, 3.8) is 0 Å². The van der Waals surface area contributed by atoms with E-state index >= 15 is 0 Å². The number of hydrogen-bond acceptors (Lipinski definition) is 5. The summed E-state index contributed by atoms with van der Waals surface area (Å²) in [5.41, 5.74) is -0.150. The molecule has 0 bridgehead atoms. The second-order valence-corrected chi connectivity index (χ2v) is 7.89. The van der Waals surface area contributed by atoms with Crippen LogP contribution in [0.2, 0.25) is 0 Å². The molecule has 2 aliphatic heterocycles. The highest BCUT2D eigenvalue weighted by Crippen LogP contribution is 2.29. The largest absolute Gasteiger partial charge is 0.378 e. The van der Waals surface area contributed by atoms with E-state index in [1.165, 1.54) is 6.26 Å². The molecule has 0 aromatic rings. The first-order chi connectivity index (χ1) is 8.39. The van der Waals surface area contributed by atoms with Crippen molar-refractivity contribution in [3.8, 4) is 0 Å². The van der Waals surface area contributed by atoms with Crippen LogP contribution in [0.3, 0.4) is 0 Å². The molecule has 0 amide bonds. The number of rotatable bonds is 4. The SMILES string of the molecule is CC1CN(CCCS(C)(=O)=O)CC2(CCOC2)O1. The molecule has 106 valence electrons. The van der Waals surface area contributed by atoms with E-state index in [9.17, 15) is 8.42 Å². The molecule has 1 spiro atoms. The maximum atomic E-state index is 11.1. The van der Waals surface area contributed by atoms with Crippen LogP contribution in [-0.2, 0) is 19.3 Å². The Morgan fingerprint density at radius 1 is 1.44 bits per heavy atom. The Morgan fingerprint density at radius 3 is 2.83 bits per heavy atom. The van der Waals surface area contributed by atoms with E-state index in [4.69, 9.17) is 9.47 Å². The van der Waals surface area contributed by atoms with E-state index in [-0.39, 0.29) is 17.5 Å². The van der Waals surface area contributed by atoms with E-state index in [1.54, 1.807) is 0 Å². The molecule has 0 N–H and O–H groups in total. The van der Waals surface area contributed by atoms with Gasteiger partial charge in [-0.1, -0.05) is 0 Å². The summed E-state index contributed by atoms with van der Waals surface area (Å²) in [7, 11) is -2.85. The van der Waals surface area contributed by atoms with Gasteiger partial charge in [-0.3, -0.25) is 4.90 Å². The zero-order chi connectivity index (χ0) is 13.2. The van der Waals surface area contributed by atoms with Crippen LogP contribution >= 0.6 is 0 Å². The molecule has 18 heavy (non-hydrogen) atoms. The number of hydrogen-bond donors (Lipinski definition) is 0. The first-order valence-electron chi connectivity index (χ1n) is 6.54. The zero-order valence-corrected chi connectivity index (χ0v) is 12.0. The Balaban J connectivity index is 1.85. The molecule has 2 atom stereocenters. The van der Waals surface area contributed by atoms with Crippen LogP contribution in [0.15, 0.2) is 0 Å². The fourth-order valence-corrected chi connectivity index (χ4v) is 3.52. The summed E-state index contributed by atoms with van der Waals surface area (Å²) in [6, 6.07) is 0. The van der Waals surface area contributed by atoms with Gasteiger partial charge in [-0.05, 0) is 19.9 Å². The minimum Gasteiger partial charge on any atom is -0.378 e. The van der Waals surface area contributed by atoms with Crippen molar-refractivity contribution >= 4 is 9.84 Å². The second kappa shape index (κ2) is 5.45. The monoisotopic (exact) mass is 277 g/mol. The van der Waals surface area contributed by atoms with Crippen molar-refractivity contribution in [2.75, 3.05) is 44.9 Å². The van der Waals surface area contributed by atoms with Crippen molar-refractivity contribution in [2.45, 2.75) is 31.5 Å². The fraction of sp³-hybridized carbons (Fsp3) is 1.00. The van der Waals surface area contributed by atoms with Gasteiger partial charge in [0.25, 0.3) is 0 Å². The lowest BCUT2D eigenvalue weighted by Crippen LogP contribution is -2.55. The van der Waals surface area contributed by atoms with Crippen LogP contribution < -0.4 is 0 Å². The number of sulfone groups is 1. The van der Waals surface area contributed by atoms with Gasteiger partial charge in [0, 0.05) is 32.4 Å². The number of nitrogens with zero attached hydrogens (tertiary/aromatic N) is 1. The van der Waals surface area contributed by atoms with Gasteiger partial charge in [0.1, 0.15) is 15.4 Å². The molecule has 0 saturated carbocycles. The predicted octanol–water partition coefficient (Wildman–Crippen LogP) is 0.301. The molecule has 2 unspecified atom stereocenters. The van der Waals surface area contributed by atoms with Crippen molar-refractivity contribution < 1.29 is 17.9 Å². The minimum absolute atomic E-state index is 0.150. The van der Waals surface area contributed by atoms with Crippen LogP contribution in [0.5, 0.6) is 0 Å². The summed E-state index contributed by atoms with van der Waals surface area (Å²) in [6.07, 6.45) is 3.13. The molecule has 2 aliphatic rings. The lowest BCUT2D eigenvalue weighted by atomic mass is 9.99. The van der Waals surface area contributed by atoms with Gasteiger partial charge in [0.05, 0.1) is 18.5 Å². The summed E-state index contributed by atoms with van der Waals surface area (Å²) in [5, 5.41) is 0. The minimum atomic E-state index is -2.85. The third-order valence-electron chi connectivity index (χ3n) is 3.53. The highest BCUT2D eigenvalue weighted by molar-refractivity contribution is 7.90. The first-order valence-corrected chi connectivity index (χ1v) is 8.60. The van der Waals surface area contributed by atoms with Crippen LogP contribution in [0.25, 0.3) is 0 Å². The third-order valence-corrected chi connectivity index (χ3v) is 4.57. The van der Waals surface area contributed by atoms with Crippen LogP contribution in [-0.4, -0.2) is 69.9 Å². The molecule has 2 heterocycles. The molecular formula is C12H23NO4S. The second-order valence-electron chi connectivity index (χ2n) is 5.63. The Morgan fingerprint density at radius 2 is 2.22 bits per heavy atom.